The highest BCUT2D eigenvalue weighted by Gasteiger charge is 2.70. The van der Waals surface area contributed by atoms with Gasteiger partial charge < -0.3 is 10.1 Å². The largest absolute Gasteiger partial charge is 0.464 e. The summed E-state index contributed by atoms with van der Waals surface area (Å²) in [5.74, 6) is -2.24. The van der Waals surface area contributed by atoms with Gasteiger partial charge in [0.05, 0.1) is 7.11 Å². The zero-order valence-corrected chi connectivity index (χ0v) is 13.7. The third-order valence-corrected chi connectivity index (χ3v) is 5.30. The lowest BCUT2D eigenvalue weighted by Gasteiger charge is -2.24. The molecular weight excluding hydrogens is 296 g/mol. The summed E-state index contributed by atoms with van der Waals surface area (Å²) in [5.41, 5.74) is 0.923. The molecule has 2 fully saturated rings. The van der Waals surface area contributed by atoms with E-state index in [0.717, 1.165) is 16.0 Å². The molecule has 2 N–H and O–H groups in total. The average Bonchev–Trinajstić information content (AvgIpc) is 2.97. The maximum Gasteiger partial charge on any atom is 0.368 e. The SMILES string of the molecule is COC(=O)[C@@]1(C)[NH2+][C@@H](c2ccccc2C)[C@@H]2C(=O)N(C)C(=O)[C@H]21. The van der Waals surface area contributed by atoms with E-state index in [2.05, 4.69) is 0 Å². The number of quaternary nitrogens is 1. The van der Waals surface area contributed by atoms with Crippen LogP contribution in [0.4, 0.5) is 0 Å². The first kappa shape index (κ1) is 15.7. The van der Waals surface area contributed by atoms with E-state index in [-0.39, 0.29) is 17.9 Å². The van der Waals surface area contributed by atoms with Crippen molar-refractivity contribution in [1.29, 1.82) is 0 Å². The number of amides is 2. The minimum absolute atomic E-state index is 0.225. The Morgan fingerprint density at radius 3 is 2.52 bits per heavy atom. The molecule has 0 aliphatic carbocycles. The van der Waals surface area contributed by atoms with E-state index < -0.39 is 23.3 Å². The molecule has 23 heavy (non-hydrogen) atoms. The Hall–Kier alpha value is -2.21. The predicted octanol–water partition coefficient (Wildman–Crippen LogP) is -0.224. The summed E-state index contributed by atoms with van der Waals surface area (Å²) in [6, 6.07) is 7.48. The third-order valence-electron chi connectivity index (χ3n) is 5.30. The number of methoxy groups -OCH3 is 1. The summed E-state index contributed by atoms with van der Waals surface area (Å²) in [4.78, 5) is 38.7. The smallest absolute Gasteiger partial charge is 0.368 e. The molecule has 0 spiro atoms. The van der Waals surface area contributed by atoms with Crippen molar-refractivity contribution in [3.05, 3.63) is 35.4 Å². The highest BCUT2D eigenvalue weighted by molar-refractivity contribution is 6.08. The molecule has 122 valence electrons. The van der Waals surface area contributed by atoms with E-state index in [1.54, 1.807) is 6.92 Å². The fourth-order valence-corrected chi connectivity index (χ4v) is 4.07. The van der Waals surface area contributed by atoms with Crippen LogP contribution in [0.5, 0.6) is 0 Å². The molecule has 0 aromatic heterocycles. The number of esters is 1. The number of rotatable bonds is 2. The van der Waals surface area contributed by atoms with Gasteiger partial charge in [0.25, 0.3) is 0 Å². The molecular formula is C17H21N2O4+. The molecule has 2 amide bonds. The van der Waals surface area contributed by atoms with Gasteiger partial charge in [-0.1, -0.05) is 24.3 Å². The van der Waals surface area contributed by atoms with E-state index in [9.17, 15) is 14.4 Å². The summed E-state index contributed by atoms with van der Waals surface area (Å²) in [5, 5.41) is 1.83. The molecule has 2 heterocycles. The maximum absolute atomic E-state index is 12.6. The average molecular weight is 317 g/mol. The quantitative estimate of drug-likeness (QED) is 0.604. The highest BCUT2D eigenvalue weighted by atomic mass is 16.5. The number of fused-ring (bicyclic) bond motifs is 1. The van der Waals surface area contributed by atoms with Crippen molar-refractivity contribution in [3.63, 3.8) is 0 Å². The van der Waals surface area contributed by atoms with Gasteiger partial charge in [-0.3, -0.25) is 14.5 Å². The number of nitrogens with two attached hydrogens (primary N) is 1. The van der Waals surface area contributed by atoms with Gasteiger partial charge in [0.1, 0.15) is 17.9 Å². The van der Waals surface area contributed by atoms with Gasteiger partial charge in [-0.15, -0.1) is 0 Å². The number of imide groups is 1. The summed E-state index contributed by atoms with van der Waals surface area (Å²) in [6.45, 7) is 3.66. The Balaban J connectivity index is 2.14. The van der Waals surface area contributed by atoms with Gasteiger partial charge in [0, 0.05) is 19.5 Å². The van der Waals surface area contributed by atoms with Crippen molar-refractivity contribution in [3.8, 4) is 0 Å². The van der Waals surface area contributed by atoms with Crippen molar-refractivity contribution in [2.24, 2.45) is 11.8 Å². The Bertz CT molecular complexity index is 702. The number of nitrogens with zero attached hydrogens (tertiary/aromatic N) is 1. The Morgan fingerprint density at radius 1 is 1.26 bits per heavy atom. The number of ether oxygens (including phenoxy) is 1. The Labute approximate surface area is 134 Å². The summed E-state index contributed by atoms with van der Waals surface area (Å²) < 4.78 is 4.93. The Morgan fingerprint density at radius 2 is 1.91 bits per heavy atom. The Kier molecular flexibility index (Phi) is 3.52. The number of carbonyl (C=O) groups is 3. The van der Waals surface area contributed by atoms with Crippen LogP contribution in [-0.2, 0) is 19.1 Å². The first-order chi connectivity index (χ1) is 10.8. The number of aryl methyl sites for hydroxylation is 1. The summed E-state index contributed by atoms with van der Waals surface area (Å²) in [7, 11) is 2.79. The lowest BCUT2D eigenvalue weighted by atomic mass is 9.80. The lowest BCUT2D eigenvalue weighted by molar-refractivity contribution is -0.731. The third kappa shape index (κ3) is 2.01. The maximum atomic E-state index is 12.6. The molecule has 0 radical (unpaired) electrons. The molecule has 1 aromatic carbocycles. The molecule has 1 aromatic rings. The zero-order valence-electron chi connectivity index (χ0n) is 13.7. The van der Waals surface area contributed by atoms with Gasteiger partial charge in [0.2, 0.25) is 17.4 Å². The van der Waals surface area contributed by atoms with E-state index in [1.807, 2.05) is 36.5 Å². The van der Waals surface area contributed by atoms with Crippen LogP contribution in [0, 0.1) is 18.8 Å². The van der Waals surface area contributed by atoms with E-state index in [1.165, 1.54) is 14.2 Å². The van der Waals surface area contributed by atoms with Crippen LogP contribution in [0.15, 0.2) is 24.3 Å². The molecule has 2 saturated heterocycles. The van der Waals surface area contributed by atoms with Crippen LogP contribution >= 0.6 is 0 Å². The number of benzene rings is 1. The van der Waals surface area contributed by atoms with Crippen molar-refractivity contribution >= 4 is 17.8 Å². The van der Waals surface area contributed by atoms with Gasteiger partial charge in [-0.25, -0.2) is 4.79 Å². The second-order valence-corrected chi connectivity index (χ2v) is 6.56. The molecule has 0 bridgehead atoms. The van der Waals surface area contributed by atoms with Gasteiger partial charge >= 0.3 is 5.97 Å². The molecule has 0 unspecified atom stereocenters. The van der Waals surface area contributed by atoms with E-state index in [4.69, 9.17) is 4.74 Å². The summed E-state index contributed by atoms with van der Waals surface area (Å²) in [6.07, 6.45) is 0. The fourth-order valence-electron chi connectivity index (χ4n) is 4.07. The molecule has 6 nitrogen and oxygen atoms in total. The van der Waals surface area contributed by atoms with Gasteiger partial charge in [-0.2, -0.15) is 0 Å². The molecule has 2 aliphatic rings. The number of hydrogen-bond acceptors (Lipinski definition) is 4. The fraction of sp³-hybridized carbons (Fsp3) is 0.471. The second-order valence-electron chi connectivity index (χ2n) is 6.56. The highest BCUT2D eigenvalue weighted by Crippen LogP contribution is 2.44. The topological polar surface area (TPSA) is 80.3 Å². The van der Waals surface area contributed by atoms with Crippen LogP contribution in [-0.4, -0.2) is 42.4 Å². The zero-order chi connectivity index (χ0) is 16.9. The van der Waals surface area contributed by atoms with Crippen LogP contribution < -0.4 is 5.32 Å². The second kappa shape index (κ2) is 5.16. The van der Waals surface area contributed by atoms with Gasteiger partial charge in [0.15, 0.2) is 0 Å². The number of likely N-dealkylation sites (tertiary alicyclic amines) is 1. The molecule has 6 heteroatoms. The molecule has 3 rings (SSSR count). The number of carbonyl (C=O) groups excluding carboxylic acids is 3. The van der Waals surface area contributed by atoms with Crippen molar-refractivity contribution in [2.75, 3.05) is 14.2 Å². The van der Waals surface area contributed by atoms with Crippen LogP contribution in [0.3, 0.4) is 0 Å². The lowest BCUT2D eigenvalue weighted by Crippen LogP contribution is -2.97. The normalized spacial score (nSPS) is 33.0. The van der Waals surface area contributed by atoms with Gasteiger partial charge in [-0.05, 0) is 12.5 Å². The first-order valence-electron chi connectivity index (χ1n) is 7.64. The van der Waals surface area contributed by atoms with Crippen molar-refractivity contribution < 1.29 is 24.4 Å². The van der Waals surface area contributed by atoms with E-state index >= 15 is 0 Å². The van der Waals surface area contributed by atoms with E-state index in [0.29, 0.717) is 0 Å². The van der Waals surface area contributed by atoms with Crippen molar-refractivity contribution in [2.45, 2.75) is 25.4 Å². The number of hydrogen-bond donors (Lipinski definition) is 1. The van der Waals surface area contributed by atoms with Crippen LogP contribution in [0.25, 0.3) is 0 Å². The molecule has 4 atom stereocenters. The predicted molar refractivity (Wildman–Crippen MR) is 81.0 cm³/mol. The van der Waals surface area contributed by atoms with Crippen LogP contribution in [0.1, 0.15) is 24.1 Å². The first-order valence-corrected chi connectivity index (χ1v) is 7.64. The monoisotopic (exact) mass is 317 g/mol. The summed E-state index contributed by atoms with van der Waals surface area (Å²) >= 11 is 0. The minimum Gasteiger partial charge on any atom is -0.464 e. The standard InChI is InChI=1S/C17H20N2O4/c1-9-7-5-6-8-10(9)13-11-12(15(21)19(3)14(11)20)17(2,18-13)16(22)23-4/h5-8,11-13,18H,1-4H3/p+1/t11-,12+,13+,17+/m1/s1. The van der Waals surface area contributed by atoms with Crippen LogP contribution in [0.2, 0.25) is 0 Å². The molecule has 0 saturated carbocycles. The molecule has 2 aliphatic heterocycles. The minimum atomic E-state index is -1.09. The van der Waals surface area contributed by atoms with Crippen molar-refractivity contribution in [1.82, 2.24) is 4.90 Å².